The number of aliphatic hydroxyl groups is 1. The molecule has 0 saturated carbocycles. The minimum atomic E-state index is -0.606. The summed E-state index contributed by atoms with van der Waals surface area (Å²) in [7, 11) is 1.56. The zero-order chi connectivity index (χ0) is 28.2. The predicted octanol–water partition coefficient (Wildman–Crippen LogP) is 6.91. The quantitative estimate of drug-likeness (QED) is 0.180. The molecule has 1 fully saturated rings. The average molecular weight is 544 g/mol. The van der Waals surface area contributed by atoms with Crippen LogP contribution in [0.5, 0.6) is 11.8 Å². The van der Waals surface area contributed by atoms with Crippen LogP contribution < -0.4 is 9.47 Å². The van der Waals surface area contributed by atoms with Gasteiger partial charge in [0.1, 0.15) is 11.5 Å². The van der Waals surface area contributed by atoms with Gasteiger partial charge in [0.15, 0.2) is 0 Å². The molecule has 210 valence electrons. The van der Waals surface area contributed by atoms with Gasteiger partial charge in [0.2, 0.25) is 0 Å². The van der Waals surface area contributed by atoms with Crippen LogP contribution in [-0.2, 0) is 12.8 Å². The summed E-state index contributed by atoms with van der Waals surface area (Å²) in [5, 5.41) is 12.6. The zero-order valence-electron chi connectivity index (χ0n) is 23.7. The Bertz CT molecular complexity index is 1460. The summed E-state index contributed by atoms with van der Waals surface area (Å²) in [4.78, 5) is 9.38. The molecule has 3 aromatic rings. The third kappa shape index (κ3) is 5.81. The minimum Gasteiger partial charge on any atom is -0.467 e. The average Bonchev–Trinajstić information content (AvgIpc) is 3.32. The fourth-order valence-electron chi connectivity index (χ4n) is 5.85. The Morgan fingerprint density at radius 1 is 1.15 bits per heavy atom. The summed E-state index contributed by atoms with van der Waals surface area (Å²) in [5.41, 5.74) is 5.39. The Labute approximate surface area is 235 Å². The van der Waals surface area contributed by atoms with Crippen molar-refractivity contribution in [3.8, 4) is 11.8 Å². The molecule has 1 N–H and O–H groups in total. The lowest BCUT2D eigenvalue weighted by molar-refractivity contribution is -0.0324. The second kappa shape index (κ2) is 12.3. The van der Waals surface area contributed by atoms with Crippen LogP contribution in [0.25, 0.3) is 16.5 Å². The van der Waals surface area contributed by atoms with Crippen LogP contribution in [0.2, 0.25) is 0 Å². The SMILES string of the molecule is C/C=C\C=C(/C)Oc1cc2c(CCC3CCC(CC)N3F)nc(OC)nc2cc1C1=CC(O)Cc2ccccc21. The molecular formula is C33H38FN3O3. The number of hydrogen-bond donors (Lipinski definition) is 1. The minimum absolute atomic E-state index is 0.00169. The number of aromatic nitrogens is 2. The van der Waals surface area contributed by atoms with Crippen LogP contribution in [0, 0.1) is 0 Å². The van der Waals surface area contributed by atoms with E-state index < -0.39 is 6.10 Å². The van der Waals surface area contributed by atoms with Gasteiger partial charge in [-0.1, -0.05) is 43.3 Å². The van der Waals surface area contributed by atoms with Crippen LogP contribution in [0.3, 0.4) is 0 Å². The lowest BCUT2D eigenvalue weighted by atomic mass is 9.85. The van der Waals surface area contributed by atoms with E-state index in [9.17, 15) is 9.59 Å². The van der Waals surface area contributed by atoms with Crippen LogP contribution in [-0.4, -0.2) is 45.5 Å². The van der Waals surface area contributed by atoms with Crippen molar-refractivity contribution in [1.29, 1.82) is 0 Å². The molecule has 2 aromatic carbocycles. The highest BCUT2D eigenvalue weighted by Gasteiger charge is 2.32. The predicted molar refractivity (Wildman–Crippen MR) is 157 cm³/mol. The fraction of sp³-hybridized carbons (Fsp3) is 0.394. The number of halogens is 1. The molecule has 1 aliphatic heterocycles. The summed E-state index contributed by atoms with van der Waals surface area (Å²) >= 11 is 0. The highest BCUT2D eigenvalue weighted by molar-refractivity contribution is 5.93. The second-order valence-electron chi connectivity index (χ2n) is 10.6. The molecule has 40 heavy (non-hydrogen) atoms. The van der Waals surface area contributed by atoms with Gasteiger partial charge in [-0.3, -0.25) is 0 Å². The summed E-state index contributed by atoms with van der Waals surface area (Å²) in [5.74, 6) is 1.37. The van der Waals surface area contributed by atoms with E-state index >= 15 is 0 Å². The number of hydrogen-bond acceptors (Lipinski definition) is 6. The summed E-state index contributed by atoms with van der Waals surface area (Å²) in [6.07, 6.45) is 11.4. The van der Waals surface area contributed by atoms with Crippen LogP contribution >= 0.6 is 0 Å². The molecule has 5 rings (SSSR count). The Morgan fingerprint density at radius 3 is 2.70 bits per heavy atom. The standard InChI is InChI=1S/C33H38FN3O3/c1-5-7-10-21(3)40-32-20-29-30(16-15-24-14-13-23(6-2)37(24)34)35-33(39-4)36-31(29)19-28(32)27-18-25(38)17-22-11-8-9-12-26(22)27/h5,7-12,18-20,23-25,38H,6,13-17H2,1-4H3/b7-5-,21-10+. The Morgan fingerprint density at radius 2 is 1.95 bits per heavy atom. The number of methoxy groups -OCH3 is 1. The molecular weight excluding hydrogens is 505 g/mol. The molecule has 0 amide bonds. The summed E-state index contributed by atoms with van der Waals surface area (Å²) < 4.78 is 26.8. The van der Waals surface area contributed by atoms with Gasteiger partial charge in [0, 0.05) is 29.5 Å². The van der Waals surface area contributed by atoms with Crippen LogP contribution in [0.1, 0.15) is 68.8 Å². The van der Waals surface area contributed by atoms with Gasteiger partial charge in [-0.05, 0) is 86.9 Å². The lowest BCUT2D eigenvalue weighted by Crippen LogP contribution is -2.28. The highest BCUT2D eigenvalue weighted by atomic mass is 19.2. The van der Waals surface area contributed by atoms with E-state index in [1.807, 2.05) is 75.4 Å². The molecule has 1 aromatic heterocycles. The van der Waals surface area contributed by atoms with Crippen LogP contribution in [0.4, 0.5) is 4.48 Å². The maximum absolute atomic E-state index is 14.9. The van der Waals surface area contributed by atoms with Gasteiger partial charge < -0.3 is 14.6 Å². The molecule has 7 heteroatoms. The largest absolute Gasteiger partial charge is 0.467 e. The van der Waals surface area contributed by atoms with Crippen molar-refractivity contribution in [2.24, 2.45) is 0 Å². The van der Waals surface area contributed by atoms with E-state index in [1.54, 1.807) is 7.11 Å². The van der Waals surface area contributed by atoms with Crippen molar-refractivity contribution < 1.29 is 19.1 Å². The van der Waals surface area contributed by atoms with Crippen molar-refractivity contribution in [1.82, 2.24) is 15.1 Å². The number of allylic oxidation sites excluding steroid dienone is 4. The van der Waals surface area contributed by atoms with E-state index in [0.29, 0.717) is 30.5 Å². The molecule has 2 heterocycles. The maximum atomic E-state index is 14.9. The molecule has 1 aliphatic carbocycles. The first-order chi connectivity index (χ1) is 19.4. The number of rotatable bonds is 9. The van der Waals surface area contributed by atoms with Crippen molar-refractivity contribution in [3.63, 3.8) is 0 Å². The van der Waals surface area contributed by atoms with Crippen molar-refractivity contribution in [2.75, 3.05) is 7.11 Å². The molecule has 0 bridgehead atoms. The van der Waals surface area contributed by atoms with Gasteiger partial charge >= 0.3 is 6.01 Å². The molecule has 0 radical (unpaired) electrons. The zero-order valence-corrected chi connectivity index (χ0v) is 23.7. The van der Waals surface area contributed by atoms with Crippen molar-refractivity contribution >= 4 is 16.5 Å². The van der Waals surface area contributed by atoms with E-state index in [-0.39, 0.29) is 18.1 Å². The van der Waals surface area contributed by atoms with Crippen molar-refractivity contribution in [3.05, 3.63) is 88.8 Å². The smallest absolute Gasteiger partial charge is 0.316 e. The second-order valence-corrected chi connectivity index (χ2v) is 10.6. The third-order valence-electron chi connectivity index (χ3n) is 7.93. The first-order valence-electron chi connectivity index (χ1n) is 14.2. The number of benzene rings is 2. The Kier molecular flexibility index (Phi) is 8.62. The fourth-order valence-corrected chi connectivity index (χ4v) is 5.85. The monoisotopic (exact) mass is 543 g/mol. The van der Waals surface area contributed by atoms with Crippen LogP contribution in [0.15, 0.2) is 66.5 Å². The maximum Gasteiger partial charge on any atom is 0.316 e. The van der Waals surface area contributed by atoms with Gasteiger partial charge in [-0.15, -0.1) is 9.60 Å². The molecule has 2 aliphatic rings. The van der Waals surface area contributed by atoms with Gasteiger partial charge in [-0.2, -0.15) is 9.97 Å². The topological polar surface area (TPSA) is 67.7 Å². The van der Waals surface area contributed by atoms with E-state index in [0.717, 1.165) is 63.5 Å². The van der Waals surface area contributed by atoms with Gasteiger partial charge in [-0.25, -0.2) is 0 Å². The number of ether oxygens (including phenoxy) is 2. The molecule has 1 saturated heterocycles. The summed E-state index contributed by atoms with van der Waals surface area (Å²) in [6.45, 7) is 5.91. The normalized spacial score (nSPS) is 21.6. The molecule has 3 atom stereocenters. The Balaban J connectivity index is 1.62. The van der Waals surface area contributed by atoms with Gasteiger partial charge in [0.05, 0.1) is 24.4 Å². The lowest BCUT2D eigenvalue weighted by Gasteiger charge is -2.24. The van der Waals surface area contributed by atoms with E-state index in [1.165, 1.54) is 0 Å². The Hall–Kier alpha value is -3.55. The molecule has 0 spiro atoms. The molecule has 6 nitrogen and oxygen atoms in total. The first-order valence-corrected chi connectivity index (χ1v) is 14.2. The third-order valence-corrected chi connectivity index (χ3v) is 7.93. The van der Waals surface area contributed by atoms with Gasteiger partial charge in [0.25, 0.3) is 0 Å². The first kappa shape index (κ1) is 28.0. The number of fused-ring (bicyclic) bond motifs is 2. The van der Waals surface area contributed by atoms with E-state index in [4.69, 9.17) is 14.5 Å². The number of nitrogens with zero attached hydrogens (tertiary/aromatic N) is 3. The number of aliphatic hydroxyl groups excluding tert-OH is 1. The highest BCUT2D eigenvalue weighted by Crippen LogP contribution is 2.40. The molecule has 3 unspecified atom stereocenters. The van der Waals surface area contributed by atoms with Crippen molar-refractivity contribution in [2.45, 2.75) is 77.5 Å². The summed E-state index contributed by atoms with van der Waals surface area (Å²) in [6, 6.07) is 12.3. The van der Waals surface area contributed by atoms with E-state index in [2.05, 4.69) is 11.1 Å². The number of aryl methyl sites for hydroxylation is 1.